The van der Waals surface area contributed by atoms with Crippen molar-refractivity contribution in [2.24, 2.45) is 11.8 Å². The maximum atomic E-state index is 14.1. The molecule has 354 valence electrons. The molecule has 2 aromatic rings. The summed E-state index contributed by atoms with van der Waals surface area (Å²) in [6.45, 7) is 7.35. The van der Waals surface area contributed by atoms with Gasteiger partial charge in [-0.25, -0.2) is 14.2 Å². The van der Waals surface area contributed by atoms with Gasteiger partial charge in [-0.2, -0.15) is 5.26 Å². The zero-order valence-corrected chi connectivity index (χ0v) is 37.9. The molecule has 0 radical (unpaired) electrons. The molecule has 0 saturated carbocycles. The predicted molar refractivity (Wildman–Crippen MR) is 223 cm³/mol. The molecule has 2 amide bonds. The number of H-pyrrole nitrogens is 2. The lowest BCUT2D eigenvalue weighted by atomic mass is 9.92. The van der Waals surface area contributed by atoms with Gasteiger partial charge in [-0.3, -0.25) is 61.4 Å². The average Bonchev–Trinajstić information content (AvgIpc) is 3.81. The van der Waals surface area contributed by atoms with Crippen molar-refractivity contribution in [2.75, 3.05) is 40.5 Å². The largest absolute Gasteiger partial charge is 0.475 e. The van der Waals surface area contributed by atoms with Crippen LogP contribution < -0.4 is 27.8 Å². The molecule has 0 bridgehead atoms. The van der Waals surface area contributed by atoms with Gasteiger partial charge in [-0.15, -0.1) is 0 Å². The number of carbonyl (C=O) groups is 4. The molecule has 4 rings (SSSR count). The van der Waals surface area contributed by atoms with Gasteiger partial charge in [0.2, 0.25) is 11.8 Å². The molecule has 0 spiro atoms. The summed E-state index contributed by atoms with van der Waals surface area (Å²) in [5.41, 5.74) is -2.30. The molecule has 2 saturated heterocycles. The third kappa shape index (κ3) is 14.4. The summed E-state index contributed by atoms with van der Waals surface area (Å²) in [5.74, 6) is -2.62. The van der Waals surface area contributed by atoms with E-state index in [2.05, 4.69) is 15.3 Å². The third-order valence-electron chi connectivity index (χ3n) is 10.6. The molecule has 2 fully saturated rings. The Hall–Kier alpha value is -5.24. The van der Waals surface area contributed by atoms with Crippen molar-refractivity contribution in [1.29, 1.82) is 5.26 Å². The van der Waals surface area contributed by atoms with Crippen LogP contribution in [0, 0.1) is 37.0 Å². The van der Waals surface area contributed by atoms with Crippen LogP contribution in [0.25, 0.3) is 0 Å². The van der Waals surface area contributed by atoms with Crippen molar-refractivity contribution in [3.63, 3.8) is 0 Å². The predicted octanol–water partition coefficient (Wildman–Crippen LogP) is 1.62. The molecule has 3 N–H and O–H groups in total. The summed E-state index contributed by atoms with van der Waals surface area (Å²) in [4.78, 5) is 106. The lowest BCUT2D eigenvalue weighted by Gasteiger charge is -2.25. The van der Waals surface area contributed by atoms with Gasteiger partial charge in [0.15, 0.2) is 0 Å². The van der Waals surface area contributed by atoms with Crippen LogP contribution in [-0.4, -0.2) is 113 Å². The molecule has 2 aliphatic heterocycles. The Kier molecular flexibility index (Phi) is 19.0. The number of esters is 2. The van der Waals surface area contributed by atoms with Crippen molar-refractivity contribution in [1.82, 2.24) is 29.3 Å². The van der Waals surface area contributed by atoms with E-state index < -0.39 is 97.6 Å². The average molecular weight is 924 g/mol. The van der Waals surface area contributed by atoms with Gasteiger partial charge in [-0.1, -0.05) is 13.8 Å². The molecule has 0 aromatic carbocycles. The van der Waals surface area contributed by atoms with Crippen molar-refractivity contribution in [3.05, 3.63) is 65.2 Å². The van der Waals surface area contributed by atoms with Gasteiger partial charge in [-0.05, 0) is 40.0 Å². The number of nitrogens with zero attached hydrogens (tertiary/aromatic N) is 4. The first-order chi connectivity index (χ1) is 30.2. The zero-order chi connectivity index (χ0) is 47.3. The number of rotatable bonds is 23. The molecule has 9 atom stereocenters. The first-order valence-corrected chi connectivity index (χ1v) is 22.4. The second-order valence-corrected chi connectivity index (χ2v) is 17.5. The van der Waals surface area contributed by atoms with Crippen molar-refractivity contribution in [2.45, 2.75) is 123 Å². The number of amides is 2. The van der Waals surface area contributed by atoms with E-state index in [1.165, 1.54) is 31.1 Å². The highest BCUT2D eigenvalue weighted by Crippen LogP contribution is 2.53. The lowest BCUT2D eigenvalue weighted by Crippen LogP contribution is -2.33. The maximum absolute atomic E-state index is 14.1. The van der Waals surface area contributed by atoms with Gasteiger partial charge in [0.25, 0.3) is 11.1 Å². The van der Waals surface area contributed by atoms with Crippen molar-refractivity contribution >= 4 is 31.6 Å². The number of phosphoric ester groups is 1. The molecule has 64 heavy (non-hydrogen) atoms. The third-order valence-corrected chi connectivity index (χ3v) is 12.1. The minimum absolute atomic E-state index is 0.0282. The van der Waals surface area contributed by atoms with E-state index in [9.17, 15) is 42.9 Å². The summed E-state index contributed by atoms with van der Waals surface area (Å²) in [7, 11) is -1.26. The Morgan fingerprint density at radius 1 is 0.953 bits per heavy atom. The summed E-state index contributed by atoms with van der Waals surface area (Å²) in [6.07, 6.45) is -3.33. The number of nitriles is 1. The molecule has 24 heteroatoms. The van der Waals surface area contributed by atoms with Gasteiger partial charge in [0.1, 0.15) is 24.7 Å². The Morgan fingerprint density at radius 3 is 2.16 bits per heavy atom. The quantitative estimate of drug-likeness (QED) is 0.0810. The fourth-order valence-electron chi connectivity index (χ4n) is 6.94. The van der Waals surface area contributed by atoms with E-state index in [0.29, 0.717) is 19.3 Å². The highest BCUT2D eigenvalue weighted by atomic mass is 31.2. The van der Waals surface area contributed by atoms with Crippen LogP contribution in [0.4, 0.5) is 0 Å². The lowest BCUT2D eigenvalue weighted by molar-refractivity contribution is -0.154. The van der Waals surface area contributed by atoms with E-state index in [1.54, 1.807) is 27.9 Å². The maximum Gasteiger partial charge on any atom is 0.475 e. The Bertz CT molecular complexity index is 2300. The van der Waals surface area contributed by atoms with E-state index >= 15 is 0 Å². The molecule has 4 heterocycles. The molecule has 0 aliphatic carbocycles. The molecule has 9 unspecified atom stereocenters. The Morgan fingerprint density at radius 2 is 1.56 bits per heavy atom. The Labute approximate surface area is 368 Å². The van der Waals surface area contributed by atoms with Crippen LogP contribution >= 0.6 is 7.82 Å². The van der Waals surface area contributed by atoms with Crippen molar-refractivity contribution < 1.29 is 56.3 Å². The summed E-state index contributed by atoms with van der Waals surface area (Å²) < 4.78 is 56.4. The van der Waals surface area contributed by atoms with Gasteiger partial charge >= 0.3 is 31.1 Å². The highest BCUT2D eigenvalue weighted by Gasteiger charge is 2.45. The van der Waals surface area contributed by atoms with E-state index in [0.717, 1.165) is 9.13 Å². The van der Waals surface area contributed by atoms with Crippen LogP contribution in [0.15, 0.2) is 31.6 Å². The second kappa shape index (κ2) is 23.6. The van der Waals surface area contributed by atoms with E-state index in [1.807, 2.05) is 13.0 Å². The van der Waals surface area contributed by atoms with E-state index in [4.69, 9.17) is 37.8 Å². The molecule has 2 aliphatic rings. The number of nitrogens with one attached hydrogen (secondary N) is 3. The fourth-order valence-corrected chi connectivity index (χ4v) is 8.37. The number of aromatic amines is 2. The van der Waals surface area contributed by atoms with Crippen molar-refractivity contribution in [3.8, 4) is 6.07 Å². The summed E-state index contributed by atoms with van der Waals surface area (Å²) in [6, 6.07) is 1.86. The van der Waals surface area contributed by atoms with E-state index in [-0.39, 0.29) is 74.8 Å². The Balaban J connectivity index is 1.36. The number of aryl methyl sites for hydroxylation is 2. The zero-order valence-electron chi connectivity index (χ0n) is 37.0. The molecular weight excluding hydrogens is 865 g/mol. The first-order valence-electron chi connectivity index (χ1n) is 21.0. The topological polar surface area (TPSA) is 299 Å². The van der Waals surface area contributed by atoms with Crippen LogP contribution in [-0.2, 0) is 56.3 Å². The first kappa shape index (κ1) is 51.4. The van der Waals surface area contributed by atoms with Gasteiger partial charge in [0.05, 0.1) is 56.9 Å². The van der Waals surface area contributed by atoms with Crippen LogP contribution in [0.5, 0.6) is 0 Å². The second-order valence-electron chi connectivity index (χ2n) is 15.9. The standard InChI is InChI=1S/C40H58N7O16P/c1-8-27(37(52)45(6)7)17-23(2)38(53)57-15-10-14-42-31(48)11-12-34(49)62-29-19-33(47-21-25(4)36(51)44-40(47)55)61-30(29)22-59-64(56,58-16-9-13-41)63-28-18-32(60-26(28)5)46-20-24(3)35(50)43-39(46)54/h20-21,23,26-30,32-33H,8-12,14-19,22H2,1-7H3,(H,42,48)(H,43,50,54)(H,44,51,55). The SMILES string of the molecule is CCC(CC(C)C(=O)OCCCNC(=O)CCC(=O)OC1CC(n2cc(C)c(=O)[nH]c2=O)OC1COP(=O)(OCCC#N)OC1CC(n2cc(C)c(=O)[nH]c2=O)OC1C)C(=O)N(C)C. The molecule has 2 aromatic heterocycles. The normalized spacial score (nSPS) is 22.5. The van der Waals surface area contributed by atoms with Gasteiger partial charge < -0.3 is 29.2 Å². The highest BCUT2D eigenvalue weighted by molar-refractivity contribution is 7.48. The smallest absolute Gasteiger partial charge is 0.465 e. The van der Waals surface area contributed by atoms with Crippen LogP contribution in [0.3, 0.4) is 0 Å². The molecule has 23 nitrogen and oxygen atoms in total. The van der Waals surface area contributed by atoms with Gasteiger partial charge in [0, 0.05) is 69.3 Å². The monoisotopic (exact) mass is 923 g/mol. The fraction of sp³-hybridized carbons (Fsp3) is 0.675. The van der Waals surface area contributed by atoms with Crippen LogP contribution in [0.2, 0.25) is 0 Å². The number of phosphoric acid groups is 1. The number of hydrogen-bond donors (Lipinski definition) is 3. The number of ether oxygens (including phenoxy) is 4. The van der Waals surface area contributed by atoms with Crippen LogP contribution in [0.1, 0.15) is 95.7 Å². The minimum Gasteiger partial charge on any atom is -0.465 e. The summed E-state index contributed by atoms with van der Waals surface area (Å²) >= 11 is 0. The molecular formula is C40H58N7O16P. The summed E-state index contributed by atoms with van der Waals surface area (Å²) in [5, 5.41) is 11.8. The number of carbonyl (C=O) groups excluding carboxylic acids is 4. The number of hydrogen-bond acceptors (Lipinski definition) is 17. The number of aromatic nitrogens is 4. The minimum atomic E-state index is -4.59.